The first kappa shape index (κ1) is 22.1. The minimum atomic E-state index is -1.23. The van der Waals surface area contributed by atoms with Crippen LogP contribution in [0.25, 0.3) is 0 Å². The minimum absolute atomic E-state index is 0. The molecule has 0 heterocycles. The summed E-state index contributed by atoms with van der Waals surface area (Å²) < 4.78 is 4.68. The van der Waals surface area contributed by atoms with E-state index in [4.69, 9.17) is 15.6 Å². The Kier molecular flexibility index (Phi) is 13.5. The number of carboxylic acid groups (broad SMARTS) is 1. The SMILES string of the molecule is C=CC(=O)CC(C)(C)OC(N)=O.C=CC(=O)[O-].[Na+]. The Bertz CT molecular complexity index is 325. The Morgan fingerprint density at radius 2 is 1.67 bits per heavy atom. The fourth-order valence-corrected chi connectivity index (χ4v) is 0.800. The van der Waals surface area contributed by atoms with Gasteiger partial charge in [0.1, 0.15) is 5.60 Å². The van der Waals surface area contributed by atoms with Gasteiger partial charge in [-0.25, -0.2) is 4.79 Å². The second-order valence-corrected chi connectivity index (χ2v) is 3.55. The molecule has 0 fully saturated rings. The van der Waals surface area contributed by atoms with Crippen LogP contribution < -0.4 is 40.4 Å². The van der Waals surface area contributed by atoms with Crippen LogP contribution in [0.4, 0.5) is 4.79 Å². The number of ether oxygens (including phenoxy) is 1. The average Bonchev–Trinajstić information content (AvgIpc) is 2.15. The van der Waals surface area contributed by atoms with Crippen molar-refractivity contribution in [3.05, 3.63) is 25.3 Å². The smallest absolute Gasteiger partial charge is 0.545 e. The first-order valence-electron chi connectivity index (χ1n) is 4.61. The van der Waals surface area contributed by atoms with Gasteiger partial charge in [0.25, 0.3) is 0 Å². The van der Waals surface area contributed by atoms with Crippen molar-refractivity contribution >= 4 is 17.8 Å². The molecule has 7 heteroatoms. The zero-order chi connectivity index (χ0) is 14.1. The van der Waals surface area contributed by atoms with Crippen molar-refractivity contribution in [1.82, 2.24) is 0 Å². The summed E-state index contributed by atoms with van der Waals surface area (Å²) >= 11 is 0. The Hall–Kier alpha value is -1.11. The van der Waals surface area contributed by atoms with Crippen LogP contribution in [0.2, 0.25) is 0 Å². The van der Waals surface area contributed by atoms with Crippen molar-refractivity contribution in [1.29, 1.82) is 0 Å². The summed E-state index contributed by atoms with van der Waals surface area (Å²) in [5.74, 6) is -1.41. The fraction of sp³-hybridized carbons (Fsp3) is 0.364. The van der Waals surface area contributed by atoms with E-state index in [1.807, 2.05) is 0 Å². The van der Waals surface area contributed by atoms with Gasteiger partial charge in [-0.3, -0.25) is 4.79 Å². The van der Waals surface area contributed by atoms with Crippen molar-refractivity contribution < 1.29 is 53.8 Å². The van der Waals surface area contributed by atoms with Gasteiger partial charge in [-0.1, -0.05) is 13.2 Å². The zero-order valence-electron chi connectivity index (χ0n) is 10.9. The van der Waals surface area contributed by atoms with Gasteiger partial charge in [0, 0.05) is 6.42 Å². The van der Waals surface area contributed by atoms with E-state index in [0.717, 1.165) is 6.08 Å². The van der Waals surface area contributed by atoms with E-state index < -0.39 is 17.7 Å². The molecule has 6 nitrogen and oxygen atoms in total. The molecule has 2 N–H and O–H groups in total. The van der Waals surface area contributed by atoms with Crippen LogP contribution in [-0.4, -0.2) is 23.4 Å². The van der Waals surface area contributed by atoms with Crippen LogP contribution in [-0.2, 0) is 14.3 Å². The first-order chi connectivity index (χ1) is 7.64. The molecule has 0 aliphatic carbocycles. The van der Waals surface area contributed by atoms with E-state index in [9.17, 15) is 9.59 Å². The van der Waals surface area contributed by atoms with Crippen molar-refractivity contribution in [3.63, 3.8) is 0 Å². The molecule has 0 aliphatic heterocycles. The normalized spacial score (nSPS) is 8.78. The fourth-order valence-electron chi connectivity index (χ4n) is 0.800. The van der Waals surface area contributed by atoms with E-state index in [-0.39, 0.29) is 41.8 Å². The summed E-state index contributed by atoms with van der Waals surface area (Å²) in [6, 6.07) is 0. The third-order valence-electron chi connectivity index (χ3n) is 1.37. The molecule has 0 aromatic rings. The Labute approximate surface area is 128 Å². The number of aliphatic carboxylic acids is 1. The molecule has 0 atom stereocenters. The molecule has 0 saturated heterocycles. The number of nitrogens with two attached hydrogens (primary N) is 1. The minimum Gasteiger partial charge on any atom is -0.545 e. The van der Waals surface area contributed by atoms with Gasteiger partial charge < -0.3 is 20.4 Å². The maximum absolute atomic E-state index is 10.9. The van der Waals surface area contributed by atoms with Crippen molar-refractivity contribution in [2.75, 3.05) is 0 Å². The number of hydrogen-bond acceptors (Lipinski definition) is 5. The summed E-state index contributed by atoms with van der Waals surface area (Å²) in [6.07, 6.45) is 1.13. The van der Waals surface area contributed by atoms with Gasteiger partial charge in [-0.15, -0.1) is 0 Å². The standard InChI is InChI=1S/C8H13NO3.C3H4O2.Na/c1-4-6(10)5-8(2,3)12-7(9)11;1-2-3(4)5;/h4H,1,5H2,2-3H3,(H2,9,11);2H,1H2,(H,4,5);/q;;+1/p-1. The van der Waals surface area contributed by atoms with Gasteiger partial charge in [0.05, 0.1) is 5.97 Å². The number of amides is 1. The van der Waals surface area contributed by atoms with Gasteiger partial charge in [0.15, 0.2) is 5.78 Å². The Balaban J connectivity index is -0.000000321. The van der Waals surface area contributed by atoms with Gasteiger partial charge in [0.2, 0.25) is 0 Å². The molecule has 0 bridgehead atoms. The zero-order valence-corrected chi connectivity index (χ0v) is 12.9. The largest absolute Gasteiger partial charge is 1.00 e. The topological polar surface area (TPSA) is 110 Å². The predicted octanol–water partition coefficient (Wildman–Crippen LogP) is -3.07. The van der Waals surface area contributed by atoms with Gasteiger partial charge >= 0.3 is 35.7 Å². The molecule has 0 aromatic heterocycles. The summed E-state index contributed by atoms with van der Waals surface area (Å²) in [5, 5.41) is 9.14. The quantitative estimate of drug-likeness (QED) is 0.419. The van der Waals surface area contributed by atoms with E-state index in [1.165, 1.54) is 6.08 Å². The first-order valence-corrected chi connectivity index (χ1v) is 4.61. The number of ketones is 1. The third kappa shape index (κ3) is 17.3. The Morgan fingerprint density at radius 1 is 1.28 bits per heavy atom. The number of allylic oxidation sites excluding steroid dienone is 1. The molecule has 0 aromatic carbocycles. The molecular formula is C11H16NNaO5. The monoisotopic (exact) mass is 265 g/mol. The van der Waals surface area contributed by atoms with Crippen LogP contribution in [0.5, 0.6) is 0 Å². The van der Waals surface area contributed by atoms with E-state index in [1.54, 1.807) is 13.8 Å². The number of primary amides is 1. The average molecular weight is 265 g/mol. The maximum atomic E-state index is 10.9. The molecule has 0 spiro atoms. The van der Waals surface area contributed by atoms with Crippen LogP contribution in [0.1, 0.15) is 20.3 Å². The van der Waals surface area contributed by atoms with E-state index >= 15 is 0 Å². The number of carboxylic acids is 1. The number of carbonyl (C=O) groups excluding carboxylic acids is 3. The van der Waals surface area contributed by atoms with Crippen molar-refractivity contribution in [2.24, 2.45) is 5.73 Å². The van der Waals surface area contributed by atoms with E-state index in [2.05, 4.69) is 17.9 Å². The molecule has 0 rings (SSSR count). The molecule has 0 unspecified atom stereocenters. The van der Waals surface area contributed by atoms with Crippen molar-refractivity contribution in [2.45, 2.75) is 25.9 Å². The maximum Gasteiger partial charge on any atom is 1.00 e. The van der Waals surface area contributed by atoms with Crippen LogP contribution in [0.15, 0.2) is 25.3 Å². The molecule has 0 saturated carbocycles. The summed E-state index contributed by atoms with van der Waals surface area (Å²) in [6.45, 7) is 9.42. The summed E-state index contributed by atoms with van der Waals surface area (Å²) in [7, 11) is 0. The second kappa shape index (κ2) is 11.0. The number of carbonyl (C=O) groups is 3. The number of hydrogen-bond donors (Lipinski definition) is 1. The van der Waals surface area contributed by atoms with E-state index in [0.29, 0.717) is 0 Å². The Morgan fingerprint density at radius 3 is 1.89 bits per heavy atom. The van der Waals surface area contributed by atoms with Crippen molar-refractivity contribution in [3.8, 4) is 0 Å². The number of rotatable bonds is 5. The molecule has 96 valence electrons. The third-order valence-corrected chi connectivity index (χ3v) is 1.37. The van der Waals surface area contributed by atoms with Gasteiger partial charge in [-0.05, 0) is 26.0 Å². The van der Waals surface area contributed by atoms with Crippen LogP contribution in [0, 0.1) is 0 Å². The predicted molar refractivity (Wildman–Crippen MR) is 59.8 cm³/mol. The van der Waals surface area contributed by atoms with Crippen LogP contribution >= 0.6 is 0 Å². The molecule has 0 aliphatic rings. The molecule has 1 amide bonds. The second-order valence-electron chi connectivity index (χ2n) is 3.55. The molecule has 18 heavy (non-hydrogen) atoms. The molecular weight excluding hydrogens is 249 g/mol. The van der Waals surface area contributed by atoms with Crippen LogP contribution in [0.3, 0.4) is 0 Å². The molecule has 0 radical (unpaired) electrons. The summed E-state index contributed by atoms with van der Waals surface area (Å²) in [5.41, 5.74) is 3.95. The van der Waals surface area contributed by atoms with Gasteiger partial charge in [-0.2, -0.15) is 0 Å². The summed E-state index contributed by atoms with van der Waals surface area (Å²) in [4.78, 5) is 30.3.